The molecule has 1 aromatic rings. The Morgan fingerprint density at radius 1 is 1.62 bits per heavy atom. The number of alkyl halides is 2. The highest BCUT2D eigenvalue weighted by Crippen LogP contribution is 2.25. The van der Waals surface area contributed by atoms with Crippen LogP contribution < -0.4 is 0 Å². The first-order chi connectivity index (χ1) is 7.54. The topological polar surface area (TPSA) is 39.2 Å². The van der Waals surface area contributed by atoms with Gasteiger partial charge in [0.2, 0.25) is 0 Å². The van der Waals surface area contributed by atoms with Gasteiger partial charge in [-0.25, -0.2) is 13.8 Å². The molecule has 0 fully saturated rings. The van der Waals surface area contributed by atoms with Crippen molar-refractivity contribution in [3.63, 3.8) is 0 Å². The van der Waals surface area contributed by atoms with Gasteiger partial charge in [0.05, 0.1) is 18.6 Å². The van der Waals surface area contributed by atoms with Crippen molar-refractivity contribution in [3.8, 4) is 0 Å². The van der Waals surface area contributed by atoms with Gasteiger partial charge in [0.15, 0.2) is 0 Å². The summed E-state index contributed by atoms with van der Waals surface area (Å²) in [5.74, 6) is -0.480. The highest BCUT2D eigenvalue weighted by molar-refractivity contribution is 6.30. The van der Waals surface area contributed by atoms with Crippen molar-refractivity contribution in [1.82, 2.24) is 4.98 Å². The van der Waals surface area contributed by atoms with E-state index in [0.29, 0.717) is 5.56 Å². The van der Waals surface area contributed by atoms with Gasteiger partial charge in [-0.1, -0.05) is 11.6 Å². The molecule has 3 nitrogen and oxygen atoms in total. The summed E-state index contributed by atoms with van der Waals surface area (Å²) >= 11 is 5.48. The molecule has 1 aromatic heterocycles. The van der Waals surface area contributed by atoms with Gasteiger partial charge in [-0.2, -0.15) is 0 Å². The number of rotatable bonds is 4. The van der Waals surface area contributed by atoms with Crippen molar-refractivity contribution in [3.05, 3.63) is 28.5 Å². The number of carbonyl (C=O) groups is 1. The van der Waals surface area contributed by atoms with Gasteiger partial charge in [0.25, 0.3) is 6.43 Å². The molecular weight excluding hydrogens is 240 g/mol. The third-order valence-corrected chi connectivity index (χ3v) is 2.13. The van der Waals surface area contributed by atoms with E-state index in [1.807, 2.05) is 0 Å². The molecule has 6 heteroatoms. The van der Waals surface area contributed by atoms with Gasteiger partial charge < -0.3 is 4.74 Å². The lowest BCUT2D eigenvalue weighted by molar-refractivity contribution is -0.142. The Hall–Kier alpha value is -1.23. The van der Waals surface area contributed by atoms with Crippen LogP contribution in [0.4, 0.5) is 8.78 Å². The summed E-state index contributed by atoms with van der Waals surface area (Å²) in [6, 6.07) is 1.16. The van der Waals surface area contributed by atoms with Crippen LogP contribution >= 0.6 is 11.6 Å². The molecule has 16 heavy (non-hydrogen) atoms. The van der Waals surface area contributed by atoms with Crippen LogP contribution in [0.25, 0.3) is 0 Å². The standard InChI is InChI=1S/C10H10ClF2NO2/c1-2-16-8(15)4-6-3-7(10(12)13)9(11)14-5-6/h3,5,10H,2,4H2,1H3. The summed E-state index contributed by atoms with van der Waals surface area (Å²) in [6.45, 7) is 1.92. The normalized spacial score (nSPS) is 10.6. The zero-order valence-electron chi connectivity index (χ0n) is 8.54. The maximum atomic E-state index is 12.5. The quantitative estimate of drug-likeness (QED) is 0.608. The smallest absolute Gasteiger partial charge is 0.310 e. The van der Waals surface area contributed by atoms with Gasteiger partial charge in [-0.15, -0.1) is 0 Å². The molecule has 0 bridgehead atoms. The molecule has 0 aliphatic rings. The zero-order valence-corrected chi connectivity index (χ0v) is 9.30. The number of hydrogen-bond acceptors (Lipinski definition) is 3. The first-order valence-electron chi connectivity index (χ1n) is 4.62. The van der Waals surface area contributed by atoms with Crippen LogP contribution in [0.2, 0.25) is 5.15 Å². The van der Waals surface area contributed by atoms with Crippen molar-refractivity contribution in [2.75, 3.05) is 6.61 Å². The number of ether oxygens (including phenoxy) is 1. The molecule has 0 aliphatic heterocycles. The van der Waals surface area contributed by atoms with E-state index in [1.165, 1.54) is 6.20 Å². The molecule has 0 aromatic carbocycles. The summed E-state index contributed by atoms with van der Waals surface area (Å²) in [5, 5.41) is -0.248. The Morgan fingerprint density at radius 3 is 2.88 bits per heavy atom. The average Bonchev–Trinajstić information content (AvgIpc) is 2.21. The van der Waals surface area contributed by atoms with Crippen molar-refractivity contribution in [2.24, 2.45) is 0 Å². The number of esters is 1. The third kappa shape index (κ3) is 3.41. The maximum Gasteiger partial charge on any atom is 0.310 e. The highest BCUT2D eigenvalue weighted by atomic mass is 35.5. The fourth-order valence-electron chi connectivity index (χ4n) is 1.14. The molecule has 88 valence electrons. The van der Waals surface area contributed by atoms with Gasteiger partial charge in [-0.05, 0) is 18.6 Å². The Labute approximate surface area is 96.4 Å². The number of hydrogen-bond donors (Lipinski definition) is 0. The number of nitrogens with zero attached hydrogens (tertiary/aromatic N) is 1. The summed E-state index contributed by atoms with van der Waals surface area (Å²) in [5.41, 5.74) is -0.0124. The van der Waals surface area contributed by atoms with Crippen LogP contribution in [0, 0.1) is 0 Å². The molecule has 1 heterocycles. The van der Waals surface area contributed by atoms with E-state index in [4.69, 9.17) is 11.6 Å². The van der Waals surface area contributed by atoms with Crippen molar-refractivity contribution >= 4 is 17.6 Å². The zero-order chi connectivity index (χ0) is 12.1. The summed E-state index contributed by atoms with van der Waals surface area (Å²) in [7, 11) is 0. The predicted molar refractivity (Wildman–Crippen MR) is 54.5 cm³/mol. The second-order valence-electron chi connectivity index (χ2n) is 3.01. The monoisotopic (exact) mass is 249 g/mol. The predicted octanol–water partition coefficient (Wildman–Crippen LogP) is 2.78. The van der Waals surface area contributed by atoms with Crippen LogP contribution in [-0.2, 0) is 16.0 Å². The second kappa shape index (κ2) is 5.75. The molecule has 0 aliphatic carbocycles. The average molecular weight is 250 g/mol. The minimum absolute atomic E-state index is 0.0856. The van der Waals surface area contributed by atoms with Crippen molar-refractivity contribution < 1.29 is 18.3 Å². The van der Waals surface area contributed by atoms with Gasteiger partial charge >= 0.3 is 5.97 Å². The molecule has 0 saturated carbocycles. The first kappa shape index (κ1) is 12.8. The number of halogens is 3. The van der Waals surface area contributed by atoms with E-state index in [-0.39, 0.29) is 23.7 Å². The molecule has 0 radical (unpaired) electrons. The second-order valence-corrected chi connectivity index (χ2v) is 3.36. The summed E-state index contributed by atoms with van der Waals surface area (Å²) in [6.07, 6.45) is -1.51. The largest absolute Gasteiger partial charge is 0.466 e. The minimum atomic E-state index is -2.71. The van der Waals surface area contributed by atoms with E-state index >= 15 is 0 Å². The molecule has 0 amide bonds. The van der Waals surface area contributed by atoms with Gasteiger partial charge in [-0.3, -0.25) is 4.79 Å². The number of carbonyl (C=O) groups excluding carboxylic acids is 1. The van der Waals surface area contributed by atoms with E-state index in [0.717, 1.165) is 6.07 Å². The molecule has 1 rings (SSSR count). The molecule has 0 N–H and O–H groups in total. The highest BCUT2D eigenvalue weighted by Gasteiger charge is 2.15. The number of pyridine rings is 1. The van der Waals surface area contributed by atoms with Crippen LogP contribution in [0.3, 0.4) is 0 Å². The molecule has 0 saturated heterocycles. The molecule has 0 atom stereocenters. The molecular formula is C10H10ClF2NO2. The first-order valence-corrected chi connectivity index (χ1v) is 5.00. The SMILES string of the molecule is CCOC(=O)Cc1cnc(Cl)c(C(F)F)c1. The van der Waals surface area contributed by atoms with Crippen LogP contribution in [-0.4, -0.2) is 17.6 Å². The van der Waals surface area contributed by atoms with Gasteiger partial charge in [0.1, 0.15) is 5.15 Å². The minimum Gasteiger partial charge on any atom is -0.466 e. The van der Waals surface area contributed by atoms with Gasteiger partial charge in [0, 0.05) is 6.20 Å². The fraction of sp³-hybridized carbons (Fsp3) is 0.400. The molecule has 0 spiro atoms. The summed E-state index contributed by atoms with van der Waals surface area (Å²) in [4.78, 5) is 14.7. The van der Waals surface area contributed by atoms with E-state index < -0.39 is 12.4 Å². The van der Waals surface area contributed by atoms with E-state index in [9.17, 15) is 13.6 Å². The Kier molecular flexibility index (Phi) is 4.61. The van der Waals surface area contributed by atoms with Crippen LogP contribution in [0.1, 0.15) is 24.5 Å². The Bertz CT molecular complexity index is 385. The van der Waals surface area contributed by atoms with E-state index in [1.54, 1.807) is 6.92 Å². The molecule has 0 unspecified atom stereocenters. The number of aromatic nitrogens is 1. The third-order valence-electron chi connectivity index (χ3n) is 1.81. The lowest BCUT2D eigenvalue weighted by Gasteiger charge is -2.05. The summed E-state index contributed by atoms with van der Waals surface area (Å²) < 4.78 is 29.6. The van der Waals surface area contributed by atoms with Crippen LogP contribution in [0.15, 0.2) is 12.3 Å². The lowest BCUT2D eigenvalue weighted by Crippen LogP contribution is -2.08. The van der Waals surface area contributed by atoms with Crippen molar-refractivity contribution in [1.29, 1.82) is 0 Å². The van der Waals surface area contributed by atoms with E-state index in [2.05, 4.69) is 9.72 Å². The Balaban J connectivity index is 2.82. The van der Waals surface area contributed by atoms with Crippen molar-refractivity contribution in [2.45, 2.75) is 19.8 Å². The Morgan fingerprint density at radius 2 is 2.31 bits per heavy atom. The fourth-order valence-corrected chi connectivity index (χ4v) is 1.32. The lowest BCUT2D eigenvalue weighted by atomic mass is 10.1. The maximum absolute atomic E-state index is 12.5. The van der Waals surface area contributed by atoms with Crippen LogP contribution in [0.5, 0.6) is 0 Å².